The fourth-order valence-electron chi connectivity index (χ4n) is 3.06. The van der Waals surface area contributed by atoms with Crippen molar-refractivity contribution < 1.29 is 0 Å². The first-order valence-electron chi connectivity index (χ1n) is 7.20. The van der Waals surface area contributed by atoms with Crippen molar-refractivity contribution in [2.24, 2.45) is 0 Å². The van der Waals surface area contributed by atoms with E-state index >= 15 is 0 Å². The molecule has 0 N–H and O–H groups in total. The summed E-state index contributed by atoms with van der Waals surface area (Å²) in [5.74, 6) is 0. The molecule has 1 heteroatoms. The van der Waals surface area contributed by atoms with Crippen LogP contribution in [0.1, 0.15) is 33.4 Å². The number of hydrogen-bond donors (Lipinski definition) is 0. The minimum atomic E-state index is 1.26. The van der Waals surface area contributed by atoms with Gasteiger partial charge in [-0.2, -0.15) is 0 Å². The Morgan fingerprint density at radius 3 is 1.75 bits per heavy atom. The van der Waals surface area contributed by atoms with E-state index in [1.54, 1.807) is 0 Å². The zero-order chi connectivity index (χ0) is 15.0. The molecule has 2 aromatic rings. The Morgan fingerprint density at radius 2 is 1.20 bits per heavy atom. The van der Waals surface area contributed by atoms with Gasteiger partial charge in [0.2, 0.25) is 0 Å². The highest BCUT2D eigenvalue weighted by Gasteiger charge is 2.13. The summed E-state index contributed by atoms with van der Waals surface area (Å²) in [7, 11) is 2.16. The molecule has 20 heavy (non-hydrogen) atoms. The third kappa shape index (κ3) is 2.58. The highest BCUT2D eigenvalue weighted by atomic mass is 15.1. The second kappa shape index (κ2) is 5.32. The van der Waals surface area contributed by atoms with Crippen molar-refractivity contribution in [3.63, 3.8) is 0 Å². The topological polar surface area (TPSA) is 3.24 Å². The zero-order valence-electron chi connectivity index (χ0n) is 13.8. The lowest BCUT2D eigenvalue weighted by atomic mass is 9.97. The summed E-state index contributed by atoms with van der Waals surface area (Å²) in [6.07, 6.45) is 0. The van der Waals surface area contributed by atoms with Crippen LogP contribution in [0, 0.1) is 41.5 Å². The molecule has 0 bridgehead atoms. The third-order valence-electron chi connectivity index (χ3n) is 4.24. The molecule has 0 aromatic heterocycles. The quantitative estimate of drug-likeness (QED) is 0.713. The molecule has 0 spiro atoms. The molecular formula is C19H25N. The Hall–Kier alpha value is -1.76. The number of benzene rings is 2. The molecule has 0 amide bonds. The lowest BCUT2D eigenvalue weighted by Gasteiger charge is -2.26. The van der Waals surface area contributed by atoms with Gasteiger partial charge < -0.3 is 4.90 Å². The monoisotopic (exact) mass is 267 g/mol. The van der Waals surface area contributed by atoms with E-state index in [0.717, 1.165) is 0 Å². The Balaban J connectivity index is 2.59. The first-order valence-corrected chi connectivity index (χ1v) is 7.20. The van der Waals surface area contributed by atoms with E-state index in [2.05, 4.69) is 77.8 Å². The van der Waals surface area contributed by atoms with E-state index in [0.29, 0.717) is 0 Å². The number of aryl methyl sites for hydroxylation is 4. The van der Waals surface area contributed by atoms with Crippen molar-refractivity contribution in [1.29, 1.82) is 0 Å². The highest BCUT2D eigenvalue weighted by molar-refractivity contribution is 5.71. The van der Waals surface area contributed by atoms with Crippen LogP contribution >= 0.6 is 0 Å². The molecule has 0 saturated carbocycles. The van der Waals surface area contributed by atoms with E-state index in [9.17, 15) is 0 Å². The van der Waals surface area contributed by atoms with Crippen LogP contribution in [-0.2, 0) is 0 Å². The average Bonchev–Trinajstić information content (AvgIpc) is 2.34. The molecule has 0 aliphatic carbocycles. The highest BCUT2D eigenvalue weighted by Crippen LogP contribution is 2.34. The minimum absolute atomic E-state index is 1.26. The summed E-state index contributed by atoms with van der Waals surface area (Å²) < 4.78 is 0. The summed E-state index contributed by atoms with van der Waals surface area (Å²) in [5.41, 5.74) is 10.7. The number of rotatable bonds is 2. The Labute approximate surface area is 123 Å². The number of nitrogens with zero attached hydrogens (tertiary/aromatic N) is 1. The molecule has 0 atom stereocenters. The summed E-state index contributed by atoms with van der Waals surface area (Å²) >= 11 is 0. The maximum Gasteiger partial charge on any atom is 0.0470 e. The molecule has 0 radical (unpaired) electrons. The average molecular weight is 267 g/mol. The maximum absolute atomic E-state index is 2.32. The standard InChI is InChI=1S/C19H25N/c1-12-8-13(2)10-18(9-12)20(7)19-15(4)11-14(3)16(5)17(19)6/h8-11H,1-7H3. The first-order chi connectivity index (χ1) is 9.31. The summed E-state index contributed by atoms with van der Waals surface area (Å²) in [5, 5.41) is 0. The van der Waals surface area contributed by atoms with Crippen molar-refractivity contribution in [2.45, 2.75) is 41.5 Å². The van der Waals surface area contributed by atoms with E-state index in [4.69, 9.17) is 0 Å². The molecule has 0 unspecified atom stereocenters. The Morgan fingerprint density at radius 1 is 0.650 bits per heavy atom. The van der Waals surface area contributed by atoms with Crippen molar-refractivity contribution in [3.8, 4) is 0 Å². The predicted octanol–water partition coefficient (Wildman–Crippen LogP) is 5.31. The molecule has 2 rings (SSSR count). The Bertz CT molecular complexity index is 633. The van der Waals surface area contributed by atoms with E-state index in [1.807, 2.05) is 0 Å². The van der Waals surface area contributed by atoms with Gasteiger partial charge in [0, 0.05) is 18.4 Å². The van der Waals surface area contributed by atoms with Crippen molar-refractivity contribution >= 4 is 11.4 Å². The fraction of sp³-hybridized carbons (Fsp3) is 0.368. The third-order valence-corrected chi connectivity index (χ3v) is 4.24. The summed E-state index contributed by atoms with van der Waals surface area (Å²) in [6.45, 7) is 13.1. The van der Waals surface area contributed by atoms with Crippen LogP contribution in [0.25, 0.3) is 0 Å². The predicted molar refractivity (Wildman–Crippen MR) is 89.4 cm³/mol. The lowest BCUT2D eigenvalue weighted by Crippen LogP contribution is -2.14. The SMILES string of the molecule is Cc1cc(C)cc(N(C)c2c(C)cc(C)c(C)c2C)c1. The molecule has 0 heterocycles. The first kappa shape index (κ1) is 14.6. The van der Waals surface area contributed by atoms with Crippen LogP contribution in [0.15, 0.2) is 24.3 Å². The molecule has 0 aliphatic heterocycles. The van der Waals surface area contributed by atoms with Gasteiger partial charge in [-0.3, -0.25) is 0 Å². The van der Waals surface area contributed by atoms with Crippen LogP contribution in [0.2, 0.25) is 0 Å². The van der Waals surface area contributed by atoms with E-state index in [1.165, 1.54) is 44.8 Å². The van der Waals surface area contributed by atoms with Gasteiger partial charge in [0.1, 0.15) is 0 Å². The number of hydrogen-bond acceptors (Lipinski definition) is 1. The maximum atomic E-state index is 2.32. The van der Waals surface area contributed by atoms with Gasteiger partial charge in [-0.05, 0) is 87.1 Å². The van der Waals surface area contributed by atoms with Crippen LogP contribution in [0.5, 0.6) is 0 Å². The molecule has 0 saturated heterocycles. The fourth-order valence-corrected chi connectivity index (χ4v) is 3.06. The molecule has 106 valence electrons. The van der Waals surface area contributed by atoms with E-state index < -0.39 is 0 Å². The summed E-state index contributed by atoms with van der Waals surface area (Å²) in [6, 6.07) is 9.01. The minimum Gasteiger partial charge on any atom is -0.344 e. The second-order valence-electron chi connectivity index (χ2n) is 6.01. The van der Waals surface area contributed by atoms with Crippen LogP contribution < -0.4 is 4.90 Å². The van der Waals surface area contributed by atoms with Crippen molar-refractivity contribution in [1.82, 2.24) is 0 Å². The van der Waals surface area contributed by atoms with Crippen LogP contribution in [0.4, 0.5) is 11.4 Å². The Kier molecular flexibility index (Phi) is 3.89. The van der Waals surface area contributed by atoms with Crippen molar-refractivity contribution in [2.75, 3.05) is 11.9 Å². The molecule has 0 fully saturated rings. The normalized spacial score (nSPS) is 10.8. The van der Waals surface area contributed by atoms with Gasteiger partial charge in [-0.1, -0.05) is 12.1 Å². The molecule has 2 aromatic carbocycles. The smallest absolute Gasteiger partial charge is 0.0470 e. The largest absolute Gasteiger partial charge is 0.344 e. The lowest BCUT2D eigenvalue weighted by molar-refractivity contribution is 1.12. The van der Waals surface area contributed by atoms with Crippen LogP contribution in [-0.4, -0.2) is 7.05 Å². The van der Waals surface area contributed by atoms with Gasteiger partial charge in [-0.25, -0.2) is 0 Å². The number of anilines is 2. The zero-order valence-corrected chi connectivity index (χ0v) is 13.8. The van der Waals surface area contributed by atoms with Crippen LogP contribution in [0.3, 0.4) is 0 Å². The van der Waals surface area contributed by atoms with Crippen molar-refractivity contribution in [3.05, 3.63) is 57.6 Å². The van der Waals surface area contributed by atoms with Gasteiger partial charge >= 0.3 is 0 Å². The van der Waals surface area contributed by atoms with Gasteiger partial charge in [-0.15, -0.1) is 0 Å². The van der Waals surface area contributed by atoms with Gasteiger partial charge in [0.25, 0.3) is 0 Å². The summed E-state index contributed by atoms with van der Waals surface area (Å²) in [4.78, 5) is 2.32. The molecule has 1 nitrogen and oxygen atoms in total. The second-order valence-corrected chi connectivity index (χ2v) is 6.01. The molecule has 0 aliphatic rings. The van der Waals surface area contributed by atoms with Gasteiger partial charge in [0.15, 0.2) is 0 Å². The molecular weight excluding hydrogens is 242 g/mol. The van der Waals surface area contributed by atoms with Gasteiger partial charge in [0.05, 0.1) is 0 Å². The van der Waals surface area contributed by atoms with E-state index in [-0.39, 0.29) is 0 Å².